The van der Waals surface area contributed by atoms with Crippen LogP contribution in [0.2, 0.25) is 0 Å². The smallest absolute Gasteiger partial charge is 0.221 e. The van der Waals surface area contributed by atoms with Gasteiger partial charge in [0.25, 0.3) is 0 Å². The van der Waals surface area contributed by atoms with Crippen LogP contribution in [0.25, 0.3) is 0 Å². The molecule has 218 valence electrons. The molecular formula is C34H41NO6. The second kappa shape index (κ2) is 13.3. The van der Waals surface area contributed by atoms with Crippen molar-refractivity contribution in [1.82, 2.24) is 5.32 Å². The molecule has 41 heavy (non-hydrogen) atoms. The quantitative estimate of drug-likeness (QED) is 0.319. The highest BCUT2D eigenvalue weighted by atomic mass is 16.8. The van der Waals surface area contributed by atoms with Gasteiger partial charge in [0.05, 0.1) is 33.0 Å². The Labute approximate surface area is 243 Å². The summed E-state index contributed by atoms with van der Waals surface area (Å²) in [6.07, 6.45) is -1.43. The first-order valence-corrected chi connectivity index (χ1v) is 14.3. The molecule has 2 fully saturated rings. The molecule has 2 aliphatic heterocycles. The van der Waals surface area contributed by atoms with Crippen LogP contribution in [0.3, 0.4) is 0 Å². The van der Waals surface area contributed by atoms with Crippen molar-refractivity contribution in [3.63, 3.8) is 0 Å². The monoisotopic (exact) mass is 559 g/mol. The van der Waals surface area contributed by atoms with Crippen LogP contribution in [-0.2, 0) is 48.3 Å². The predicted molar refractivity (Wildman–Crippen MR) is 156 cm³/mol. The van der Waals surface area contributed by atoms with Gasteiger partial charge >= 0.3 is 0 Å². The van der Waals surface area contributed by atoms with Gasteiger partial charge in [-0.1, -0.05) is 112 Å². The molecule has 7 nitrogen and oxygen atoms in total. The molecule has 0 aromatic heterocycles. The second-order valence-electron chi connectivity index (χ2n) is 12.1. The number of benzene rings is 3. The van der Waals surface area contributed by atoms with Gasteiger partial charge in [-0.3, -0.25) is 4.79 Å². The van der Waals surface area contributed by atoms with E-state index in [4.69, 9.17) is 23.7 Å². The molecule has 0 saturated carbocycles. The highest BCUT2D eigenvalue weighted by Gasteiger charge is 2.61. The molecule has 3 aromatic carbocycles. The van der Waals surface area contributed by atoms with E-state index in [0.717, 1.165) is 16.7 Å². The van der Waals surface area contributed by atoms with Crippen LogP contribution < -0.4 is 5.32 Å². The van der Waals surface area contributed by atoms with Crippen molar-refractivity contribution in [3.05, 3.63) is 108 Å². The minimum atomic E-state index is -0.902. The van der Waals surface area contributed by atoms with Gasteiger partial charge in [0, 0.05) is 6.42 Å². The topological polar surface area (TPSA) is 75.3 Å². The molecule has 1 amide bonds. The Hall–Kier alpha value is -3.07. The van der Waals surface area contributed by atoms with E-state index in [2.05, 4.69) is 5.32 Å². The van der Waals surface area contributed by atoms with Crippen LogP contribution in [0.15, 0.2) is 91.0 Å². The third-order valence-corrected chi connectivity index (χ3v) is 7.34. The summed E-state index contributed by atoms with van der Waals surface area (Å²) in [5, 5.41) is 3.18. The van der Waals surface area contributed by atoms with Crippen molar-refractivity contribution in [2.24, 2.45) is 5.41 Å². The summed E-state index contributed by atoms with van der Waals surface area (Å²) in [6.45, 7) is 7.79. The van der Waals surface area contributed by atoms with Gasteiger partial charge in [-0.2, -0.15) is 0 Å². The largest absolute Gasteiger partial charge is 0.374 e. The molecule has 0 spiro atoms. The summed E-state index contributed by atoms with van der Waals surface area (Å²) in [4.78, 5) is 13.2. The molecule has 2 aliphatic rings. The molecule has 2 saturated heterocycles. The summed E-state index contributed by atoms with van der Waals surface area (Å²) >= 11 is 0. The zero-order chi connectivity index (χ0) is 28.7. The molecule has 0 radical (unpaired) electrons. The van der Waals surface area contributed by atoms with E-state index in [0.29, 0.717) is 26.2 Å². The number of nitrogens with one attached hydrogen (secondary N) is 1. The molecule has 2 heterocycles. The molecule has 2 bridgehead atoms. The highest BCUT2D eigenvalue weighted by molar-refractivity contribution is 5.77. The van der Waals surface area contributed by atoms with E-state index in [1.807, 2.05) is 112 Å². The average Bonchev–Trinajstić information content (AvgIpc) is 3.35. The number of fused-ring (bicyclic) bond motifs is 2. The molecule has 0 aliphatic carbocycles. The number of rotatable bonds is 12. The lowest BCUT2D eigenvalue weighted by Gasteiger charge is -2.46. The van der Waals surface area contributed by atoms with Gasteiger partial charge in [0.2, 0.25) is 5.91 Å². The Morgan fingerprint density at radius 2 is 1.37 bits per heavy atom. The Balaban J connectivity index is 1.42. The Morgan fingerprint density at radius 3 is 1.93 bits per heavy atom. The minimum absolute atomic E-state index is 0.0791. The number of carbonyl (C=O) groups is 1. The molecule has 5 rings (SSSR count). The first-order chi connectivity index (χ1) is 19.8. The van der Waals surface area contributed by atoms with Crippen molar-refractivity contribution in [2.45, 2.75) is 77.2 Å². The van der Waals surface area contributed by atoms with Gasteiger partial charge < -0.3 is 29.0 Å². The molecular weight excluding hydrogens is 518 g/mol. The second-order valence-corrected chi connectivity index (χ2v) is 12.1. The summed E-state index contributed by atoms with van der Waals surface area (Å²) in [5.74, 6) is -0.0791. The lowest BCUT2D eigenvalue weighted by atomic mass is 9.87. The van der Waals surface area contributed by atoms with Crippen LogP contribution in [-0.4, -0.2) is 49.3 Å². The first-order valence-electron chi connectivity index (χ1n) is 14.3. The SMILES string of the molecule is CC(C)(C)CC(=O)N[C@H]1[C@H]2OC[C@](COCc3ccccc3)(O2)[C@H](OCc2ccccc2)[C@@H]1OCc1ccccc1. The van der Waals surface area contributed by atoms with E-state index in [1.165, 1.54) is 0 Å². The van der Waals surface area contributed by atoms with Gasteiger partial charge in [-0.05, 0) is 22.1 Å². The Bertz CT molecular complexity index is 1230. The average molecular weight is 560 g/mol. The minimum Gasteiger partial charge on any atom is -0.374 e. The van der Waals surface area contributed by atoms with Crippen LogP contribution in [0.5, 0.6) is 0 Å². The molecule has 5 atom stereocenters. The van der Waals surface area contributed by atoms with E-state index < -0.39 is 30.1 Å². The third kappa shape index (κ3) is 7.82. The van der Waals surface area contributed by atoms with Crippen molar-refractivity contribution in [2.75, 3.05) is 13.2 Å². The van der Waals surface area contributed by atoms with E-state index in [1.54, 1.807) is 0 Å². The highest BCUT2D eigenvalue weighted by Crippen LogP contribution is 2.41. The molecule has 1 N–H and O–H groups in total. The fourth-order valence-electron chi connectivity index (χ4n) is 5.40. The van der Waals surface area contributed by atoms with Crippen LogP contribution in [0, 0.1) is 5.41 Å². The summed E-state index contributed by atoms with van der Waals surface area (Å²) < 4.78 is 32.3. The predicted octanol–water partition coefficient (Wildman–Crippen LogP) is 5.42. The molecule has 7 heteroatoms. The summed E-state index contributed by atoms with van der Waals surface area (Å²) in [7, 11) is 0. The normalized spacial score (nSPS) is 25.6. The lowest BCUT2D eigenvalue weighted by molar-refractivity contribution is -0.264. The molecule has 0 unspecified atom stereocenters. The number of carbonyl (C=O) groups excluding carboxylic acids is 1. The van der Waals surface area contributed by atoms with E-state index in [-0.39, 0.29) is 24.5 Å². The maximum atomic E-state index is 13.2. The van der Waals surface area contributed by atoms with Crippen LogP contribution in [0.1, 0.15) is 43.9 Å². The molecule has 3 aromatic rings. The number of amides is 1. The van der Waals surface area contributed by atoms with Crippen LogP contribution >= 0.6 is 0 Å². The van der Waals surface area contributed by atoms with Crippen molar-refractivity contribution in [3.8, 4) is 0 Å². The fourth-order valence-corrected chi connectivity index (χ4v) is 5.40. The zero-order valence-corrected chi connectivity index (χ0v) is 24.2. The van der Waals surface area contributed by atoms with Gasteiger partial charge in [0.1, 0.15) is 23.9 Å². The summed E-state index contributed by atoms with van der Waals surface area (Å²) in [5.41, 5.74) is 2.06. The standard InChI is InChI=1S/C34H41NO6/c1-33(2,3)19-28(36)35-29-30(38-21-26-15-9-5-10-16-26)31(39-22-27-17-11-6-12-18-27)34(24-40-32(29)41-34)23-37-20-25-13-7-4-8-14-25/h4-18,29-32H,19-24H2,1-3H3,(H,35,36)/t29-,30-,31-,32+,34+/m1/s1. The van der Waals surface area contributed by atoms with Crippen molar-refractivity contribution < 1.29 is 28.5 Å². The van der Waals surface area contributed by atoms with Crippen molar-refractivity contribution in [1.29, 1.82) is 0 Å². The van der Waals surface area contributed by atoms with Gasteiger partial charge in [-0.25, -0.2) is 0 Å². The van der Waals surface area contributed by atoms with E-state index in [9.17, 15) is 4.79 Å². The maximum Gasteiger partial charge on any atom is 0.221 e. The maximum absolute atomic E-state index is 13.2. The fraction of sp³-hybridized carbons (Fsp3) is 0.441. The zero-order valence-electron chi connectivity index (χ0n) is 24.2. The first kappa shape index (κ1) is 29.4. The van der Waals surface area contributed by atoms with Crippen molar-refractivity contribution >= 4 is 5.91 Å². The number of hydrogen-bond acceptors (Lipinski definition) is 6. The van der Waals surface area contributed by atoms with Crippen LogP contribution in [0.4, 0.5) is 0 Å². The van der Waals surface area contributed by atoms with Gasteiger partial charge in [-0.15, -0.1) is 0 Å². The van der Waals surface area contributed by atoms with E-state index >= 15 is 0 Å². The summed E-state index contributed by atoms with van der Waals surface area (Å²) in [6, 6.07) is 29.5. The lowest BCUT2D eigenvalue weighted by Crippen LogP contribution is -2.68. The number of ether oxygens (including phenoxy) is 5. The Morgan fingerprint density at radius 1 is 0.829 bits per heavy atom. The third-order valence-electron chi connectivity index (χ3n) is 7.34. The van der Waals surface area contributed by atoms with Gasteiger partial charge in [0.15, 0.2) is 6.29 Å². The number of hydrogen-bond donors (Lipinski definition) is 1. The Kier molecular flexibility index (Phi) is 9.53.